The van der Waals surface area contributed by atoms with E-state index < -0.39 is 11.4 Å². The lowest BCUT2D eigenvalue weighted by molar-refractivity contribution is 0.414. The lowest BCUT2D eigenvalue weighted by Crippen LogP contribution is -2.43. The van der Waals surface area contributed by atoms with Crippen LogP contribution in [0.2, 0.25) is 0 Å². The molecule has 2 aromatic carbocycles. The van der Waals surface area contributed by atoms with Gasteiger partial charge in [-0.2, -0.15) is 10.1 Å². The third kappa shape index (κ3) is 5.31. The molecule has 5 aromatic rings. The van der Waals surface area contributed by atoms with E-state index in [0.717, 1.165) is 26.9 Å². The SMILES string of the molecule is COc1ccc(Cn2c(NCc3cccnc3N)nc(=O)n(Cc3ccc(-n4cccn4)cc3)c2=O)cc1. The molecule has 0 saturated carbocycles. The van der Waals surface area contributed by atoms with Crippen LogP contribution < -0.4 is 27.2 Å². The zero-order valence-corrected chi connectivity index (χ0v) is 20.7. The summed E-state index contributed by atoms with van der Waals surface area (Å²) >= 11 is 0. The van der Waals surface area contributed by atoms with E-state index in [0.29, 0.717) is 11.6 Å². The molecule has 38 heavy (non-hydrogen) atoms. The first-order valence-corrected chi connectivity index (χ1v) is 11.9. The fraction of sp³-hybridized carbons (Fsp3) is 0.148. The van der Waals surface area contributed by atoms with Crippen LogP contribution >= 0.6 is 0 Å². The van der Waals surface area contributed by atoms with Crippen LogP contribution in [0.15, 0.2) is 94.9 Å². The average Bonchev–Trinajstić information content (AvgIpc) is 3.48. The molecule has 0 aliphatic carbocycles. The second-order valence-corrected chi connectivity index (χ2v) is 8.54. The number of nitrogens with two attached hydrogens (primary N) is 1. The summed E-state index contributed by atoms with van der Waals surface area (Å²) < 4.78 is 9.53. The molecule has 3 heterocycles. The number of pyridine rings is 1. The van der Waals surface area contributed by atoms with E-state index in [4.69, 9.17) is 10.5 Å². The van der Waals surface area contributed by atoms with Crippen molar-refractivity contribution in [3.8, 4) is 11.4 Å². The predicted octanol–water partition coefficient (Wildman–Crippen LogP) is 2.29. The van der Waals surface area contributed by atoms with Crippen LogP contribution in [-0.2, 0) is 19.6 Å². The van der Waals surface area contributed by atoms with Crippen LogP contribution in [0.4, 0.5) is 11.8 Å². The Morgan fingerprint density at radius 2 is 1.61 bits per heavy atom. The molecule has 0 radical (unpaired) electrons. The van der Waals surface area contributed by atoms with Crippen LogP contribution in [0, 0.1) is 0 Å². The molecule has 0 aliphatic heterocycles. The van der Waals surface area contributed by atoms with Gasteiger partial charge in [0.15, 0.2) is 0 Å². The third-order valence-corrected chi connectivity index (χ3v) is 6.06. The highest BCUT2D eigenvalue weighted by Gasteiger charge is 2.15. The summed E-state index contributed by atoms with van der Waals surface area (Å²) in [5.41, 5.74) is 8.03. The van der Waals surface area contributed by atoms with Gasteiger partial charge in [-0.1, -0.05) is 30.3 Å². The molecule has 11 nitrogen and oxygen atoms in total. The van der Waals surface area contributed by atoms with Gasteiger partial charge in [0.05, 0.1) is 25.9 Å². The fourth-order valence-corrected chi connectivity index (χ4v) is 3.99. The largest absolute Gasteiger partial charge is 0.497 e. The number of aromatic nitrogens is 6. The normalized spacial score (nSPS) is 10.9. The minimum atomic E-state index is -0.654. The van der Waals surface area contributed by atoms with Gasteiger partial charge in [0.25, 0.3) is 0 Å². The molecule has 0 atom stereocenters. The van der Waals surface area contributed by atoms with Crippen molar-refractivity contribution in [2.45, 2.75) is 19.6 Å². The Hall–Kier alpha value is -5.19. The highest BCUT2D eigenvalue weighted by molar-refractivity contribution is 5.41. The van der Waals surface area contributed by atoms with Gasteiger partial charge in [0, 0.05) is 30.7 Å². The quantitative estimate of drug-likeness (QED) is 0.308. The molecule has 0 aliphatic rings. The number of ether oxygens (including phenoxy) is 1. The maximum absolute atomic E-state index is 13.6. The summed E-state index contributed by atoms with van der Waals surface area (Å²) in [5.74, 6) is 1.20. The highest BCUT2D eigenvalue weighted by Crippen LogP contribution is 2.15. The van der Waals surface area contributed by atoms with Crippen molar-refractivity contribution in [1.82, 2.24) is 28.9 Å². The van der Waals surface area contributed by atoms with Gasteiger partial charge in [-0.25, -0.2) is 23.8 Å². The standard InChI is InChI=1S/C27H26N8O3/c1-38-23-11-7-20(8-12-23)17-33-25(30-16-21-4-2-13-29-24(21)28)32-26(36)34(27(33)37)18-19-5-9-22(10-6-19)35-15-3-14-31-35/h2-15H,16-18H2,1H3,(H2,28,29)(H,30,32,36). The van der Waals surface area contributed by atoms with Crippen molar-refractivity contribution in [2.24, 2.45) is 0 Å². The molecule has 5 rings (SSSR count). The Morgan fingerprint density at radius 1 is 0.895 bits per heavy atom. The molecule has 3 aromatic heterocycles. The molecule has 0 saturated heterocycles. The second kappa shape index (κ2) is 10.8. The van der Waals surface area contributed by atoms with E-state index in [9.17, 15) is 9.59 Å². The summed E-state index contributed by atoms with van der Waals surface area (Å²) in [5, 5.41) is 7.31. The Labute approximate surface area is 217 Å². The molecular weight excluding hydrogens is 484 g/mol. The van der Waals surface area contributed by atoms with Crippen molar-refractivity contribution >= 4 is 11.8 Å². The Bertz CT molecular complexity index is 1640. The summed E-state index contributed by atoms with van der Waals surface area (Å²) in [6, 6.07) is 20.2. The fourth-order valence-electron chi connectivity index (χ4n) is 3.99. The van der Waals surface area contributed by atoms with Crippen molar-refractivity contribution in [1.29, 1.82) is 0 Å². The van der Waals surface area contributed by atoms with Crippen LogP contribution in [-0.4, -0.2) is 36.0 Å². The maximum atomic E-state index is 13.6. The summed E-state index contributed by atoms with van der Waals surface area (Å²) in [7, 11) is 1.59. The van der Waals surface area contributed by atoms with Gasteiger partial charge < -0.3 is 15.8 Å². The molecule has 3 N–H and O–H groups in total. The number of benzene rings is 2. The van der Waals surface area contributed by atoms with Gasteiger partial charge in [-0.15, -0.1) is 0 Å². The van der Waals surface area contributed by atoms with E-state index in [2.05, 4.69) is 20.4 Å². The summed E-state index contributed by atoms with van der Waals surface area (Å²) in [6.07, 6.45) is 5.13. The van der Waals surface area contributed by atoms with Crippen LogP contribution in [0.5, 0.6) is 5.75 Å². The molecule has 0 amide bonds. The van der Waals surface area contributed by atoms with E-state index in [1.807, 2.05) is 66.9 Å². The van der Waals surface area contributed by atoms with Crippen molar-refractivity contribution in [3.63, 3.8) is 0 Å². The molecule has 0 spiro atoms. The van der Waals surface area contributed by atoms with Crippen LogP contribution in [0.3, 0.4) is 0 Å². The van der Waals surface area contributed by atoms with Crippen LogP contribution in [0.1, 0.15) is 16.7 Å². The van der Waals surface area contributed by atoms with Crippen molar-refractivity contribution in [2.75, 3.05) is 18.2 Å². The maximum Gasteiger partial charge on any atom is 0.355 e. The lowest BCUT2D eigenvalue weighted by atomic mass is 10.2. The number of methoxy groups -OCH3 is 1. The Morgan fingerprint density at radius 3 is 2.26 bits per heavy atom. The van der Waals surface area contributed by atoms with Gasteiger partial charge in [-0.05, 0) is 47.5 Å². The minimum Gasteiger partial charge on any atom is -0.497 e. The number of nitrogen functional groups attached to an aromatic ring is 1. The number of hydrogen-bond acceptors (Lipinski definition) is 8. The first-order chi connectivity index (χ1) is 18.5. The zero-order chi connectivity index (χ0) is 26.5. The Balaban J connectivity index is 1.48. The highest BCUT2D eigenvalue weighted by atomic mass is 16.5. The van der Waals surface area contributed by atoms with Gasteiger partial charge in [-0.3, -0.25) is 4.57 Å². The number of anilines is 2. The molecule has 0 unspecified atom stereocenters. The second-order valence-electron chi connectivity index (χ2n) is 8.54. The van der Waals surface area contributed by atoms with E-state index >= 15 is 0 Å². The Kier molecular flexibility index (Phi) is 6.98. The van der Waals surface area contributed by atoms with Gasteiger partial charge >= 0.3 is 11.4 Å². The topological polar surface area (TPSA) is 135 Å². The zero-order valence-electron chi connectivity index (χ0n) is 20.7. The van der Waals surface area contributed by atoms with Crippen molar-refractivity contribution in [3.05, 3.63) is 123 Å². The molecule has 0 fully saturated rings. The molecule has 11 heteroatoms. The van der Waals surface area contributed by atoms with Crippen molar-refractivity contribution < 1.29 is 4.74 Å². The lowest BCUT2D eigenvalue weighted by Gasteiger charge is -2.16. The number of rotatable bonds is 9. The van der Waals surface area contributed by atoms with Gasteiger partial charge in [0.2, 0.25) is 5.95 Å². The monoisotopic (exact) mass is 510 g/mol. The first kappa shape index (κ1) is 24.5. The molecule has 192 valence electrons. The third-order valence-electron chi connectivity index (χ3n) is 6.06. The summed E-state index contributed by atoms with van der Waals surface area (Å²) in [6.45, 7) is 0.509. The number of hydrogen-bond donors (Lipinski definition) is 2. The van der Waals surface area contributed by atoms with E-state index in [-0.39, 0.29) is 25.6 Å². The van der Waals surface area contributed by atoms with Gasteiger partial charge in [0.1, 0.15) is 11.6 Å². The smallest absolute Gasteiger partial charge is 0.355 e. The minimum absolute atomic E-state index is 0.0719. The molecular formula is C27H26N8O3. The predicted molar refractivity (Wildman–Crippen MR) is 143 cm³/mol. The van der Waals surface area contributed by atoms with E-state index in [1.54, 1.807) is 30.3 Å². The van der Waals surface area contributed by atoms with Crippen LogP contribution in [0.25, 0.3) is 5.69 Å². The summed E-state index contributed by atoms with van der Waals surface area (Å²) in [4.78, 5) is 35.0. The average molecular weight is 511 g/mol. The molecule has 0 bridgehead atoms. The number of nitrogens with zero attached hydrogens (tertiary/aromatic N) is 6. The van der Waals surface area contributed by atoms with E-state index in [1.165, 1.54) is 4.57 Å². The number of nitrogens with one attached hydrogen (secondary N) is 1. The first-order valence-electron chi connectivity index (χ1n) is 11.9.